The first-order valence-corrected chi connectivity index (χ1v) is 13.1. The SMILES string of the molecule is COCc1ccc(-c2ccccc2CN2CCN(CC(O)COc3cccc4[nH]c(C#N)cc34)CC2)cc1. The molecule has 0 saturated carbocycles. The number of hydrogen-bond donors (Lipinski definition) is 2. The summed E-state index contributed by atoms with van der Waals surface area (Å²) in [6, 6.07) is 26.8. The number of H-pyrrole nitrogens is 1. The molecule has 1 fully saturated rings. The monoisotopic (exact) mass is 510 g/mol. The number of aliphatic hydroxyl groups is 1. The Labute approximate surface area is 223 Å². The van der Waals surface area contributed by atoms with Crippen molar-refractivity contribution in [3.8, 4) is 22.9 Å². The van der Waals surface area contributed by atoms with E-state index in [-0.39, 0.29) is 6.61 Å². The van der Waals surface area contributed by atoms with E-state index in [9.17, 15) is 5.11 Å². The molecule has 0 radical (unpaired) electrons. The smallest absolute Gasteiger partial charge is 0.128 e. The Hall–Kier alpha value is -3.67. The fraction of sp³-hybridized carbons (Fsp3) is 0.323. The molecule has 196 valence electrons. The van der Waals surface area contributed by atoms with Crippen LogP contribution in [0, 0.1) is 11.3 Å². The highest BCUT2D eigenvalue weighted by Crippen LogP contribution is 2.27. The molecule has 1 aliphatic heterocycles. The Morgan fingerprint density at radius 2 is 1.74 bits per heavy atom. The number of fused-ring (bicyclic) bond motifs is 1. The average molecular weight is 511 g/mol. The van der Waals surface area contributed by atoms with Gasteiger partial charge in [0.1, 0.15) is 30.2 Å². The van der Waals surface area contributed by atoms with Crippen molar-refractivity contribution in [2.24, 2.45) is 0 Å². The first-order valence-electron chi connectivity index (χ1n) is 13.1. The zero-order valence-electron chi connectivity index (χ0n) is 21.8. The molecular weight excluding hydrogens is 476 g/mol. The second-order valence-corrected chi connectivity index (χ2v) is 9.84. The molecule has 2 N–H and O–H groups in total. The van der Waals surface area contributed by atoms with Gasteiger partial charge in [-0.1, -0.05) is 54.6 Å². The van der Waals surface area contributed by atoms with Crippen molar-refractivity contribution in [2.75, 3.05) is 46.4 Å². The van der Waals surface area contributed by atoms with E-state index in [0.717, 1.165) is 43.6 Å². The number of aromatic nitrogens is 1. The predicted octanol–water partition coefficient (Wildman–Crippen LogP) is 4.41. The number of hydrogen-bond acceptors (Lipinski definition) is 6. The Kier molecular flexibility index (Phi) is 8.37. The first kappa shape index (κ1) is 26.0. The molecule has 0 spiro atoms. The number of β-amino-alcohol motifs (C(OH)–C–C–N with tert-alkyl or cyclic N) is 1. The highest BCUT2D eigenvalue weighted by molar-refractivity contribution is 5.87. The minimum absolute atomic E-state index is 0.211. The molecule has 0 aliphatic carbocycles. The fourth-order valence-electron chi connectivity index (χ4n) is 5.11. The van der Waals surface area contributed by atoms with Gasteiger partial charge < -0.3 is 19.6 Å². The largest absolute Gasteiger partial charge is 0.490 e. The maximum Gasteiger partial charge on any atom is 0.128 e. The second kappa shape index (κ2) is 12.2. The van der Waals surface area contributed by atoms with Gasteiger partial charge in [-0.25, -0.2) is 0 Å². The topological polar surface area (TPSA) is 84.8 Å². The fourth-order valence-corrected chi connectivity index (χ4v) is 5.11. The highest BCUT2D eigenvalue weighted by atomic mass is 16.5. The van der Waals surface area contributed by atoms with Gasteiger partial charge in [-0.2, -0.15) is 5.26 Å². The van der Waals surface area contributed by atoms with E-state index < -0.39 is 6.10 Å². The van der Waals surface area contributed by atoms with Crippen molar-refractivity contribution >= 4 is 10.9 Å². The lowest BCUT2D eigenvalue weighted by Crippen LogP contribution is -2.48. The van der Waals surface area contributed by atoms with Gasteiger partial charge in [0.15, 0.2) is 0 Å². The lowest BCUT2D eigenvalue weighted by molar-refractivity contribution is 0.0450. The molecule has 4 aromatic rings. The van der Waals surface area contributed by atoms with Crippen molar-refractivity contribution in [2.45, 2.75) is 19.3 Å². The van der Waals surface area contributed by atoms with Crippen molar-refractivity contribution in [3.05, 3.63) is 89.6 Å². The molecule has 38 heavy (non-hydrogen) atoms. The van der Waals surface area contributed by atoms with Gasteiger partial charge in [-0.15, -0.1) is 0 Å². The third kappa shape index (κ3) is 6.24. The number of aliphatic hydroxyl groups excluding tert-OH is 1. The zero-order chi connectivity index (χ0) is 26.3. The van der Waals surface area contributed by atoms with E-state index in [2.05, 4.69) is 69.4 Å². The third-order valence-electron chi connectivity index (χ3n) is 7.10. The van der Waals surface area contributed by atoms with Crippen molar-refractivity contribution in [1.29, 1.82) is 5.26 Å². The summed E-state index contributed by atoms with van der Waals surface area (Å²) in [6.45, 7) is 6.03. The number of nitrogens with one attached hydrogen (secondary N) is 1. The molecule has 0 amide bonds. The van der Waals surface area contributed by atoms with E-state index in [1.54, 1.807) is 13.2 Å². The van der Waals surface area contributed by atoms with E-state index in [1.165, 1.54) is 22.3 Å². The number of piperazine rings is 1. The van der Waals surface area contributed by atoms with Crippen LogP contribution < -0.4 is 4.74 Å². The molecule has 1 aliphatic rings. The lowest BCUT2D eigenvalue weighted by atomic mass is 9.98. The molecule has 1 atom stereocenters. The summed E-state index contributed by atoms with van der Waals surface area (Å²) in [6.07, 6.45) is -0.590. The van der Waals surface area contributed by atoms with Crippen LogP contribution in [0.1, 0.15) is 16.8 Å². The van der Waals surface area contributed by atoms with Crippen LogP contribution in [0.15, 0.2) is 72.8 Å². The number of nitrogens with zero attached hydrogens (tertiary/aromatic N) is 3. The summed E-state index contributed by atoms with van der Waals surface area (Å²) >= 11 is 0. The van der Waals surface area contributed by atoms with Gasteiger partial charge in [0.05, 0.1) is 12.1 Å². The minimum atomic E-state index is -0.590. The van der Waals surface area contributed by atoms with Crippen LogP contribution in [0.4, 0.5) is 0 Å². The third-order valence-corrected chi connectivity index (χ3v) is 7.10. The maximum absolute atomic E-state index is 10.7. The van der Waals surface area contributed by atoms with Crippen LogP contribution in [-0.2, 0) is 17.9 Å². The van der Waals surface area contributed by atoms with Crippen molar-refractivity contribution in [3.63, 3.8) is 0 Å². The van der Waals surface area contributed by atoms with Crippen LogP contribution in [0.25, 0.3) is 22.0 Å². The number of nitriles is 1. The molecule has 5 rings (SSSR count). The predicted molar refractivity (Wildman–Crippen MR) is 149 cm³/mol. The molecule has 7 nitrogen and oxygen atoms in total. The van der Waals surface area contributed by atoms with E-state index in [0.29, 0.717) is 24.6 Å². The summed E-state index contributed by atoms with van der Waals surface area (Å²) in [5.41, 5.74) is 6.35. The van der Waals surface area contributed by atoms with Gasteiger partial charge in [0.2, 0.25) is 0 Å². The van der Waals surface area contributed by atoms with Gasteiger partial charge in [0, 0.05) is 51.8 Å². The summed E-state index contributed by atoms with van der Waals surface area (Å²) in [5.74, 6) is 0.677. The standard InChI is InChI=1S/C31H34N4O3/c1-37-21-23-9-11-24(12-10-23)28-6-3-2-5-25(28)19-34-13-15-35(16-14-34)20-27(36)22-38-31-8-4-7-30-29(31)17-26(18-32)33-30/h2-12,17,27,33,36H,13-16,19-22H2,1H3. The van der Waals surface area contributed by atoms with Gasteiger partial charge in [-0.05, 0) is 40.5 Å². The van der Waals surface area contributed by atoms with E-state index >= 15 is 0 Å². The summed E-state index contributed by atoms with van der Waals surface area (Å²) < 4.78 is 11.2. The summed E-state index contributed by atoms with van der Waals surface area (Å²) in [4.78, 5) is 7.84. The van der Waals surface area contributed by atoms with Gasteiger partial charge in [0.25, 0.3) is 0 Å². The van der Waals surface area contributed by atoms with Gasteiger partial charge in [-0.3, -0.25) is 9.80 Å². The molecule has 7 heteroatoms. The molecule has 1 saturated heterocycles. The minimum Gasteiger partial charge on any atom is -0.490 e. The van der Waals surface area contributed by atoms with Crippen molar-refractivity contribution < 1.29 is 14.6 Å². The lowest BCUT2D eigenvalue weighted by Gasteiger charge is -2.35. The second-order valence-electron chi connectivity index (χ2n) is 9.84. The molecule has 1 aromatic heterocycles. The van der Waals surface area contributed by atoms with E-state index in [4.69, 9.17) is 14.7 Å². The van der Waals surface area contributed by atoms with Crippen LogP contribution in [0.2, 0.25) is 0 Å². The molecule has 3 aromatic carbocycles. The number of benzene rings is 3. The quantitative estimate of drug-likeness (QED) is 0.329. The Morgan fingerprint density at radius 3 is 2.50 bits per heavy atom. The van der Waals surface area contributed by atoms with Crippen molar-refractivity contribution in [1.82, 2.24) is 14.8 Å². The number of methoxy groups -OCH3 is 1. The Morgan fingerprint density at radius 1 is 0.974 bits per heavy atom. The molecule has 0 bridgehead atoms. The molecule has 2 heterocycles. The maximum atomic E-state index is 10.7. The van der Waals surface area contributed by atoms with Crippen LogP contribution >= 0.6 is 0 Å². The number of aromatic amines is 1. The highest BCUT2D eigenvalue weighted by Gasteiger charge is 2.21. The van der Waals surface area contributed by atoms with Crippen LogP contribution in [0.3, 0.4) is 0 Å². The normalized spacial score (nSPS) is 15.4. The first-order chi connectivity index (χ1) is 18.6. The Balaban J connectivity index is 1.12. The average Bonchev–Trinajstić information content (AvgIpc) is 3.38. The Bertz CT molecular complexity index is 1380. The zero-order valence-corrected chi connectivity index (χ0v) is 21.8. The molecule has 1 unspecified atom stereocenters. The summed E-state index contributed by atoms with van der Waals surface area (Å²) in [7, 11) is 1.72. The number of ether oxygens (including phenoxy) is 2. The molecular formula is C31H34N4O3. The number of rotatable bonds is 10. The van der Waals surface area contributed by atoms with Crippen LogP contribution in [-0.4, -0.2) is 72.4 Å². The van der Waals surface area contributed by atoms with Crippen LogP contribution in [0.5, 0.6) is 5.75 Å². The van der Waals surface area contributed by atoms with E-state index in [1.807, 2.05) is 18.2 Å². The summed E-state index contributed by atoms with van der Waals surface area (Å²) in [5, 5.41) is 20.7. The van der Waals surface area contributed by atoms with Gasteiger partial charge >= 0.3 is 0 Å².